The molecule has 130 valence electrons. The van der Waals surface area contributed by atoms with Gasteiger partial charge >= 0.3 is 0 Å². The number of morpholine rings is 1. The Bertz CT molecular complexity index is 700. The maximum atomic E-state index is 10.2. The summed E-state index contributed by atoms with van der Waals surface area (Å²) in [6.45, 7) is 3.65. The zero-order chi connectivity index (χ0) is 16.4. The average Bonchev–Trinajstić information content (AvgIpc) is 2.57. The maximum absolute atomic E-state index is 10.2. The molecule has 2 N–H and O–H groups in total. The van der Waals surface area contributed by atoms with Crippen LogP contribution in [0, 0.1) is 0 Å². The Morgan fingerprint density at radius 1 is 1.17 bits per heavy atom. The van der Waals surface area contributed by atoms with Crippen molar-refractivity contribution in [2.45, 2.75) is 18.6 Å². The predicted octanol–water partition coefficient (Wildman–Crippen LogP) is 4.33. The summed E-state index contributed by atoms with van der Waals surface area (Å²) < 4.78 is 6.25. The molecule has 0 aliphatic carbocycles. The van der Waals surface area contributed by atoms with Crippen molar-refractivity contribution in [3.8, 4) is 0 Å². The third-order valence-corrected chi connectivity index (χ3v) is 4.78. The highest BCUT2D eigenvalue weighted by atomic mass is 35.5. The lowest BCUT2D eigenvalue weighted by molar-refractivity contribution is -0.0419. The highest BCUT2D eigenvalue weighted by Gasteiger charge is 2.41. The number of rotatable bonds is 3. The van der Waals surface area contributed by atoms with Crippen LogP contribution >= 0.6 is 35.6 Å². The molecule has 1 aliphatic rings. The minimum Gasteiger partial charge on any atom is -0.389 e. The number of nitrogens with one attached hydrogen (secondary N) is 1. The van der Waals surface area contributed by atoms with Crippen molar-refractivity contribution in [2.24, 2.45) is 0 Å². The van der Waals surface area contributed by atoms with E-state index in [9.17, 15) is 5.11 Å². The molecular formula is C18H20Cl3NO2. The van der Waals surface area contributed by atoms with E-state index < -0.39 is 11.7 Å². The smallest absolute Gasteiger partial charge is 0.132 e. The van der Waals surface area contributed by atoms with E-state index in [0.717, 1.165) is 23.2 Å². The molecule has 3 nitrogen and oxygen atoms in total. The van der Waals surface area contributed by atoms with Crippen LogP contribution in [0.25, 0.3) is 0 Å². The van der Waals surface area contributed by atoms with Crippen LogP contribution in [0.2, 0.25) is 10.0 Å². The van der Waals surface area contributed by atoms with Crippen LogP contribution < -0.4 is 5.32 Å². The maximum Gasteiger partial charge on any atom is 0.132 e. The van der Waals surface area contributed by atoms with Gasteiger partial charge in [-0.1, -0.05) is 47.5 Å². The number of aliphatic hydroxyl groups excluding tert-OH is 1. The molecule has 24 heavy (non-hydrogen) atoms. The van der Waals surface area contributed by atoms with Gasteiger partial charge in [-0.3, -0.25) is 0 Å². The topological polar surface area (TPSA) is 41.5 Å². The zero-order valence-corrected chi connectivity index (χ0v) is 15.6. The Morgan fingerprint density at radius 2 is 1.92 bits per heavy atom. The minimum atomic E-state index is -0.770. The molecule has 6 heteroatoms. The van der Waals surface area contributed by atoms with Crippen molar-refractivity contribution >= 4 is 35.6 Å². The SMILES string of the molecule is CC(O)c1ccccc1C1(c2cc(Cl)ccc2Cl)CNCCO1.Cl. The fraction of sp³-hybridized carbons (Fsp3) is 0.333. The van der Waals surface area contributed by atoms with E-state index >= 15 is 0 Å². The molecule has 1 fully saturated rings. The van der Waals surface area contributed by atoms with Crippen molar-refractivity contribution in [3.63, 3.8) is 0 Å². The number of aliphatic hydroxyl groups is 1. The first-order valence-electron chi connectivity index (χ1n) is 7.62. The van der Waals surface area contributed by atoms with Crippen LogP contribution in [-0.4, -0.2) is 24.8 Å². The summed E-state index contributed by atoms with van der Waals surface area (Å²) in [5.41, 5.74) is 1.78. The lowest BCUT2D eigenvalue weighted by Crippen LogP contribution is -2.49. The first-order valence-corrected chi connectivity index (χ1v) is 8.38. The van der Waals surface area contributed by atoms with E-state index in [1.54, 1.807) is 19.1 Å². The molecule has 2 unspecified atom stereocenters. The Balaban J connectivity index is 0.00000208. The third-order valence-electron chi connectivity index (χ3n) is 4.21. The van der Waals surface area contributed by atoms with Crippen LogP contribution in [0.1, 0.15) is 29.7 Å². The van der Waals surface area contributed by atoms with Gasteiger partial charge in [-0.15, -0.1) is 12.4 Å². The molecule has 2 aromatic rings. The van der Waals surface area contributed by atoms with Gasteiger partial charge < -0.3 is 15.2 Å². The second-order valence-corrected chi connectivity index (χ2v) is 6.58. The van der Waals surface area contributed by atoms with Gasteiger partial charge in [-0.05, 0) is 36.2 Å². The largest absolute Gasteiger partial charge is 0.389 e. The molecule has 0 spiro atoms. The molecule has 1 heterocycles. The van der Waals surface area contributed by atoms with Crippen molar-refractivity contribution < 1.29 is 9.84 Å². The van der Waals surface area contributed by atoms with Gasteiger partial charge in [0.25, 0.3) is 0 Å². The van der Waals surface area contributed by atoms with Crippen LogP contribution in [0.3, 0.4) is 0 Å². The molecule has 2 atom stereocenters. The molecule has 0 saturated carbocycles. The molecule has 2 aromatic carbocycles. The lowest BCUT2D eigenvalue weighted by Gasteiger charge is -2.40. The van der Waals surface area contributed by atoms with Gasteiger partial charge in [-0.25, -0.2) is 0 Å². The Kier molecular flexibility index (Phi) is 6.54. The first-order chi connectivity index (χ1) is 11.0. The Labute approximate surface area is 158 Å². The van der Waals surface area contributed by atoms with Gasteiger partial charge in [0.2, 0.25) is 0 Å². The molecule has 3 rings (SSSR count). The molecule has 0 amide bonds. The predicted molar refractivity (Wildman–Crippen MR) is 100 cm³/mol. The lowest BCUT2D eigenvalue weighted by atomic mass is 9.81. The molecule has 0 radical (unpaired) electrons. The minimum absolute atomic E-state index is 0. The Morgan fingerprint density at radius 3 is 2.58 bits per heavy atom. The van der Waals surface area contributed by atoms with E-state index in [1.165, 1.54) is 0 Å². The summed E-state index contributed by atoms with van der Waals surface area (Å²) in [5, 5.41) is 14.8. The van der Waals surface area contributed by atoms with Gasteiger partial charge in [0.05, 0.1) is 12.7 Å². The van der Waals surface area contributed by atoms with E-state index in [2.05, 4.69) is 5.32 Å². The molecule has 0 bridgehead atoms. The second-order valence-electron chi connectivity index (χ2n) is 5.74. The highest BCUT2D eigenvalue weighted by Crippen LogP contribution is 2.42. The van der Waals surface area contributed by atoms with Crippen molar-refractivity contribution in [2.75, 3.05) is 19.7 Å². The first kappa shape index (κ1) is 19.5. The zero-order valence-electron chi connectivity index (χ0n) is 13.3. The Hall–Kier alpha value is -0.810. The van der Waals surface area contributed by atoms with E-state index in [0.29, 0.717) is 23.2 Å². The number of hydrogen-bond donors (Lipinski definition) is 2. The quantitative estimate of drug-likeness (QED) is 0.822. The van der Waals surface area contributed by atoms with Gasteiger partial charge in [0.15, 0.2) is 0 Å². The highest BCUT2D eigenvalue weighted by molar-refractivity contribution is 6.33. The van der Waals surface area contributed by atoms with E-state index in [-0.39, 0.29) is 12.4 Å². The van der Waals surface area contributed by atoms with E-state index in [4.69, 9.17) is 27.9 Å². The van der Waals surface area contributed by atoms with E-state index in [1.807, 2.05) is 30.3 Å². The second kappa shape index (κ2) is 8.05. The van der Waals surface area contributed by atoms with Crippen molar-refractivity contribution in [1.29, 1.82) is 0 Å². The fourth-order valence-corrected chi connectivity index (χ4v) is 3.58. The normalized spacial score (nSPS) is 21.8. The van der Waals surface area contributed by atoms with Crippen molar-refractivity contribution in [3.05, 3.63) is 69.2 Å². The average molecular weight is 389 g/mol. The summed E-state index contributed by atoms with van der Waals surface area (Å²) in [6.07, 6.45) is -0.605. The number of halogens is 3. The monoisotopic (exact) mass is 387 g/mol. The van der Waals surface area contributed by atoms with Gasteiger partial charge in [0.1, 0.15) is 5.60 Å². The van der Waals surface area contributed by atoms with Gasteiger partial charge in [-0.2, -0.15) is 0 Å². The number of hydrogen-bond acceptors (Lipinski definition) is 3. The van der Waals surface area contributed by atoms with Crippen LogP contribution in [0.15, 0.2) is 42.5 Å². The molecule has 1 aliphatic heterocycles. The summed E-state index contributed by atoms with van der Waals surface area (Å²) in [7, 11) is 0. The molecule has 0 aromatic heterocycles. The summed E-state index contributed by atoms with van der Waals surface area (Å²) in [5.74, 6) is 0. The summed E-state index contributed by atoms with van der Waals surface area (Å²) in [4.78, 5) is 0. The fourth-order valence-electron chi connectivity index (χ4n) is 3.14. The molecule has 1 saturated heterocycles. The third kappa shape index (κ3) is 3.57. The van der Waals surface area contributed by atoms with Crippen LogP contribution in [-0.2, 0) is 10.3 Å². The summed E-state index contributed by atoms with van der Waals surface area (Å²) in [6, 6.07) is 13.1. The van der Waals surface area contributed by atoms with Gasteiger partial charge in [0, 0.05) is 28.7 Å². The standard InChI is InChI=1S/C18H19Cl2NO2.ClH/c1-12(22)14-4-2-3-5-15(14)18(11-21-8-9-23-18)16-10-13(19)6-7-17(16)20;/h2-7,10,12,21-22H,8-9,11H2,1H3;1H. The van der Waals surface area contributed by atoms with Crippen LogP contribution in [0.5, 0.6) is 0 Å². The number of benzene rings is 2. The molecular weight excluding hydrogens is 369 g/mol. The summed E-state index contributed by atoms with van der Waals surface area (Å²) >= 11 is 12.7. The van der Waals surface area contributed by atoms with Crippen LogP contribution in [0.4, 0.5) is 0 Å². The van der Waals surface area contributed by atoms with Crippen molar-refractivity contribution in [1.82, 2.24) is 5.32 Å². The number of ether oxygens (including phenoxy) is 1.